The number of rotatable bonds is 9. The quantitative estimate of drug-likeness (QED) is 0.270. The Labute approximate surface area is 273 Å². The largest absolute Gasteiger partial charge is 0.481 e. The molecule has 0 radical (unpaired) electrons. The van der Waals surface area contributed by atoms with Crippen LogP contribution >= 0.6 is 11.6 Å². The SMILES string of the molecule is C[C@@H]1CC[C@@H](C)N1[C@H]1C[C@@H](CO[C@H]2CC[C@H](C(=O)O)CC2)N(C(=O)Cc2cc(Cl)c(NC(=O)c3coc4ccccc34)cc2F)C1. The number of carbonyl (C=O) groups excluding carboxylic acids is 2. The van der Waals surface area contributed by atoms with Crippen molar-refractivity contribution in [3.63, 3.8) is 0 Å². The van der Waals surface area contributed by atoms with Gasteiger partial charge in [-0.2, -0.15) is 0 Å². The number of nitrogens with one attached hydrogen (secondary N) is 1. The molecular weight excluding hydrogens is 613 g/mol. The van der Waals surface area contributed by atoms with Gasteiger partial charge in [0.05, 0.1) is 47.4 Å². The maximum absolute atomic E-state index is 15.5. The van der Waals surface area contributed by atoms with Gasteiger partial charge in [0.25, 0.3) is 5.91 Å². The fourth-order valence-corrected chi connectivity index (χ4v) is 7.89. The maximum atomic E-state index is 15.5. The van der Waals surface area contributed by atoms with Crippen molar-refractivity contribution >= 4 is 46.0 Å². The molecule has 246 valence electrons. The van der Waals surface area contributed by atoms with E-state index in [2.05, 4.69) is 24.1 Å². The van der Waals surface area contributed by atoms with Crippen molar-refractivity contribution < 1.29 is 33.0 Å². The van der Waals surface area contributed by atoms with E-state index >= 15 is 4.39 Å². The molecule has 1 aromatic heterocycles. The molecule has 0 bridgehead atoms. The van der Waals surface area contributed by atoms with Crippen LogP contribution in [-0.4, -0.2) is 76.1 Å². The molecule has 11 heteroatoms. The van der Waals surface area contributed by atoms with Gasteiger partial charge in [-0.15, -0.1) is 0 Å². The van der Waals surface area contributed by atoms with Crippen molar-refractivity contribution in [2.45, 2.75) is 95.5 Å². The van der Waals surface area contributed by atoms with Crippen LogP contribution in [0.25, 0.3) is 11.0 Å². The zero-order valence-electron chi connectivity index (χ0n) is 26.2. The number of carboxylic acids is 1. The van der Waals surface area contributed by atoms with Gasteiger partial charge in [0.1, 0.15) is 17.7 Å². The van der Waals surface area contributed by atoms with Crippen LogP contribution in [0.3, 0.4) is 0 Å². The molecular formula is C35H41ClFN3O6. The highest BCUT2D eigenvalue weighted by molar-refractivity contribution is 6.34. The van der Waals surface area contributed by atoms with Crippen LogP contribution in [0.4, 0.5) is 10.1 Å². The Morgan fingerprint density at radius 2 is 1.78 bits per heavy atom. The molecule has 3 heterocycles. The summed E-state index contributed by atoms with van der Waals surface area (Å²) in [6, 6.07) is 10.5. The summed E-state index contributed by atoms with van der Waals surface area (Å²) in [5.74, 6) is -2.40. The molecule has 2 N–H and O–H groups in total. The van der Waals surface area contributed by atoms with E-state index in [0.717, 1.165) is 25.3 Å². The first-order valence-electron chi connectivity index (χ1n) is 16.3. The third-order valence-electron chi connectivity index (χ3n) is 10.2. The summed E-state index contributed by atoms with van der Waals surface area (Å²) in [7, 11) is 0. The van der Waals surface area contributed by atoms with Crippen molar-refractivity contribution in [2.75, 3.05) is 18.5 Å². The number of carbonyl (C=O) groups is 3. The summed E-state index contributed by atoms with van der Waals surface area (Å²) in [5.41, 5.74) is 1.12. The van der Waals surface area contributed by atoms with Crippen LogP contribution in [0.1, 0.15) is 74.7 Å². The predicted octanol–water partition coefficient (Wildman–Crippen LogP) is 6.52. The van der Waals surface area contributed by atoms with Crippen LogP contribution in [0, 0.1) is 11.7 Å². The molecule has 0 spiro atoms. The Balaban J connectivity index is 1.14. The lowest BCUT2D eigenvalue weighted by atomic mass is 9.87. The van der Waals surface area contributed by atoms with Crippen LogP contribution in [-0.2, 0) is 20.7 Å². The number of hydrogen-bond donors (Lipinski definition) is 2. The summed E-state index contributed by atoms with van der Waals surface area (Å²) in [4.78, 5) is 42.5. The van der Waals surface area contributed by atoms with E-state index in [-0.39, 0.29) is 52.7 Å². The number of fused-ring (bicyclic) bond motifs is 1. The summed E-state index contributed by atoms with van der Waals surface area (Å²) in [6.45, 7) is 5.36. The minimum absolute atomic E-state index is 0.0321. The van der Waals surface area contributed by atoms with Crippen LogP contribution in [0.5, 0.6) is 0 Å². The van der Waals surface area contributed by atoms with E-state index in [4.69, 9.17) is 20.8 Å². The Bertz CT molecular complexity index is 1590. The normalized spacial score (nSPS) is 26.9. The topological polar surface area (TPSA) is 112 Å². The number of likely N-dealkylation sites (tertiary alicyclic amines) is 2. The van der Waals surface area contributed by atoms with E-state index < -0.39 is 17.7 Å². The van der Waals surface area contributed by atoms with E-state index in [0.29, 0.717) is 67.5 Å². The first-order chi connectivity index (χ1) is 22.1. The van der Waals surface area contributed by atoms with E-state index in [1.54, 1.807) is 24.3 Å². The van der Waals surface area contributed by atoms with Crippen molar-refractivity contribution in [2.24, 2.45) is 5.92 Å². The van der Waals surface area contributed by atoms with Crippen molar-refractivity contribution in [1.29, 1.82) is 0 Å². The molecule has 1 saturated carbocycles. The lowest BCUT2D eigenvalue weighted by Gasteiger charge is -2.32. The van der Waals surface area contributed by atoms with Crippen molar-refractivity contribution in [1.82, 2.24) is 9.80 Å². The summed E-state index contributed by atoms with van der Waals surface area (Å²) < 4.78 is 27.2. The Morgan fingerprint density at radius 1 is 1.07 bits per heavy atom. The number of anilines is 1. The molecule has 9 nitrogen and oxygen atoms in total. The van der Waals surface area contributed by atoms with Gasteiger partial charge in [-0.1, -0.05) is 29.8 Å². The monoisotopic (exact) mass is 653 g/mol. The molecule has 46 heavy (non-hydrogen) atoms. The smallest absolute Gasteiger partial charge is 0.306 e. The second-order valence-electron chi connectivity index (χ2n) is 13.2. The number of para-hydroxylation sites is 1. The molecule has 3 aromatic rings. The van der Waals surface area contributed by atoms with Crippen LogP contribution < -0.4 is 5.32 Å². The molecule has 2 aromatic carbocycles. The number of halogens is 2. The Morgan fingerprint density at radius 3 is 2.50 bits per heavy atom. The lowest BCUT2D eigenvalue weighted by Crippen LogP contribution is -2.44. The summed E-state index contributed by atoms with van der Waals surface area (Å²) >= 11 is 6.51. The molecule has 0 unspecified atom stereocenters. The molecule has 4 atom stereocenters. The molecule has 2 saturated heterocycles. The second-order valence-corrected chi connectivity index (χ2v) is 13.6. The van der Waals surface area contributed by atoms with Crippen molar-refractivity contribution in [3.05, 3.63) is 64.6 Å². The number of nitrogens with zero attached hydrogens (tertiary/aromatic N) is 2. The minimum Gasteiger partial charge on any atom is -0.481 e. The third-order valence-corrected chi connectivity index (χ3v) is 10.5. The minimum atomic E-state index is -0.753. The molecule has 3 aliphatic rings. The number of hydrogen-bond acceptors (Lipinski definition) is 6. The predicted molar refractivity (Wildman–Crippen MR) is 173 cm³/mol. The maximum Gasteiger partial charge on any atom is 0.306 e. The van der Waals surface area contributed by atoms with Gasteiger partial charge in [-0.05, 0) is 82.6 Å². The standard InChI is InChI=1S/C35H41ClFN3O6/c1-20-7-8-21(2)40(20)24-15-25(18-45-26-11-9-22(10-12-26)35(43)44)39(17-24)33(41)14-23-13-29(36)31(16-30(23)37)38-34(42)28-19-46-32-6-4-3-5-27(28)32/h3-6,13,16,19-22,24-26H,7-12,14-15,17-18H2,1-2H3,(H,38,42)(H,43,44)/t20-,21-,22-,24+,25+,26-/m1/s1. The highest BCUT2D eigenvalue weighted by atomic mass is 35.5. The van der Waals surface area contributed by atoms with Gasteiger partial charge < -0.3 is 24.5 Å². The number of aliphatic carboxylic acids is 1. The lowest BCUT2D eigenvalue weighted by molar-refractivity contribution is -0.144. The molecule has 6 rings (SSSR count). The average Bonchev–Trinajstić information content (AvgIpc) is 3.75. The van der Waals surface area contributed by atoms with E-state index in [9.17, 15) is 19.5 Å². The molecule has 2 amide bonds. The van der Waals surface area contributed by atoms with E-state index in [1.807, 2.05) is 4.90 Å². The Kier molecular flexibility index (Phi) is 9.68. The van der Waals surface area contributed by atoms with Gasteiger partial charge in [0, 0.05) is 30.1 Å². The van der Waals surface area contributed by atoms with Crippen molar-refractivity contribution in [3.8, 4) is 0 Å². The van der Waals surface area contributed by atoms with Gasteiger partial charge in [-0.25, -0.2) is 4.39 Å². The van der Waals surface area contributed by atoms with Gasteiger partial charge >= 0.3 is 5.97 Å². The first kappa shape index (κ1) is 32.5. The summed E-state index contributed by atoms with van der Waals surface area (Å²) in [5, 5.41) is 12.8. The fraction of sp³-hybridized carbons (Fsp3) is 0.514. The van der Waals surface area contributed by atoms with Gasteiger partial charge in [-0.3, -0.25) is 19.3 Å². The first-order valence-corrected chi connectivity index (χ1v) is 16.6. The zero-order valence-corrected chi connectivity index (χ0v) is 27.0. The Hall–Kier alpha value is -3.47. The number of ether oxygens (including phenoxy) is 1. The van der Waals surface area contributed by atoms with Crippen LogP contribution in [0.15, 0.2) is 47.1 Å². The number of amides is 2. The number of benzene rings is 2. The van der Waals surface area contributed by atoms with E-state index in [1.165, 1.54) is 12.3 Å². The number of carboxylic acid groups (broad SMARTS) is 1. The molecule has 3 fully saturated rings. The second kappa shape index (κ2) is 13.7. The molecule has 2 aliphatic heterocycles. The number of furan rings is 1. The van der Waals surface area contributed by atoms with Gasteiger partial charge in [0.2, 0.25) is 5.91 Å². The van der Waals surface area contributed by atoms with Crippen LogP contribution in [0.2, 0.25) is 5.02 Å². The van der Waals surface area contributed by atoms with Gasteiger partial charge in [0.15, 0.2) is 0 Å². The summed E-state index contributed by atoms with van der Waals surface area (Å²) in [6.07, 6.45) is 6.69. The third kappa shape index (κ3) is 6.80. The molecule has 1 aliphatic carbocycles. The highest BCUT2D eigenvalue weighted by Crippen LogP contribution is 2.35. The highest BCUT2D eigenvalue weighted by Gasteiger charge is 2.43. The fourth-order valence-electron chi connectivity index (χ4n) is 7.66. The zero-order chi connectivity index (χ0) is 32.5. The average molecular weight is 654 g/mol.